The van der Waals surface area contributed by atoms with Crippen molar-refractivity contribution < 1.29 is 9.59 Å². The first kappa shape index (κ1) is 13.1. The lowest BCUT2D eigenvalue weighted by atomic mass is 10.3. The zero-order valence-corrected chi connectivity index (χ0v) is 10.2. The molecule has 0 aromatic heterocycles. The molecule has 7 heteroatoms. The minimum Gasteiger partial charge on any atom is -0.308 e. The number of rotatable bonds is 2. The van der Waals surface area contributed by atoms with E-state index in [1.54, 1.807) is 6.07 Å². The molecule has 0 spiro atoms. The molecule has 0 heterocycles. The highest BCUT2D eigenvalue weighted by atomic mass is 35.5. The number of hydrogen-bond donors (Lipinski definition) is 2. The van der Waals surface area contributed by atoms with Gasteiger partial charge in [0.2, 0.25) is 5.91 Å². The van der Waals surface area contributed by atoms with E-state index in [1.165, 1.54) is 12.1 Å². The molecule has 86 valence electrons. The lowest BCUT2D eigenvalue weighted by molar-refractivity contribution is -0.117. The topological polar surface area (TPSA) is 58.2 Å². The minimum absolute atomic E-state index is 0.283. The van der Waals surface area contributed by atoms with Crippen molar-refractivity contribution in [1.29, 1.82) is 0 Å². The molecule has 0 aliphatic heterocycles. The summed E-state index contributed by atoms with van der Waals surface area (Å²) in [6, 6.07) is 3.88. The Morgan fingerprint density at radius 3 is 2.44 bits per heavy atom. The number of alkyl halides is 1. The van der Waals surface area contributed by atoms with Gasteiger partial charge in [-0.2, -0.15) is 0 Å². The Hall–Kier alpha value is -0.970. The van der Waals surface area contributed by atoms with Crippen molar-refractivity contribution in [3.05, 3.63) is 28.2 Å². The van der Waals surface area contributed by atoms with E-state index < -0.39 is 11.9 Å². The molecular weight excluding hydrogens is 274 g/mol. The fraction of sp³-hybridized carbons (Fsp3) is 0.111. The quantitative estimate of drug-likeness (QED) is 0.819. The molecular formula is C9H7Cl3N2O2. The van der Waals surface area contributed by atoms with E-state index in [1.807, 2.05) is 5.32 Å². The Bertz CT molecular complexity index is 423. The molecule has 1 aromatic rings. The predicted molar refractivity (Wildman–Crippen MR) is 64.3 cm³/mol. The van der Waals surface area contributed by atoms with Gasteiger partial charge in [0.1, 0.15) is 5.88 Å². The van der Waals surface area contributed by atoms with Gasteiger partial charge in [-0.25, -0.2) is 4.79 Å². The second-order valence-corrected chi connectivity index (χ2v) is 3.85. The van der Waals surface area contributed by atoms with Gasteiger partial charge in [-0.15, -0.1) is 11.6 Å². The number of carbonyl (C=O) groups excluding carboxylic acids is 2. The molecule has 1 aromatic carbocycles. The van der Waals surface area contributed by atoms with Crippen LogP contribution in [0.3, 0.4) is 0 Å². The molecule has 0 atom stereocenters. The Balaban J connectivity index is 2.63. The Kier molecular flexibility index (Phi) is 4.86. The summed E-state index contributed by atoms with van der Waals surface area (Å²) in [4.78, 5) is 22.0. The third kappa shape index (κ3) is 3.89. The maximum atomic E-state index is 11.2. The van der Waals surface area contributed by atoms with Crippen molar-refractivity contribution >= 4 is 52.4 Å². The summed E-state index contributed by atoms with van der Waals surface area (Å²) in [5, 5.41) is 5.11. The van der Waals surface area contributed by atoms with Crippen LogP contribution in [0.1, 0.15) is 0 Å². The Labute approximate surface area is 107 Å². The van der Waals surface area contributed by atoms with Crippen LogP contribution in [0.4, 0.5) is 10.5 Å². The van der Waals surface area contributed by atoms with Crippen molar-refractivity contribution in [2.75, 3.05) is 11.2 Å². The molecule has 0 aliphatic rings. The number of nitrogens with one attached hydrogen (secondary N) is 2. The minimum atomic E-state index is -0.677. The zero-order valence-electron chi connectivity index (χ0n) is 7.89. The first-order valence-electron chi connectivity index (χ1n) is 4.15. The van der Waals surface area contributed by atoms with Crippen molar-refractivity contribution in [2.24, 2.45) is 0 Å². The predicted octanol–water partition coefficient (Wildman–Crippen LogP) is 2.88. The summed E-state index contributed by atoms with van der Waals surface area (Å²) in [5.41, 5.74) is 0.425. The van der Waals surface area contributed by atoms with Crippen LogP contribution in [0.25, 0.3) is 0 Å². The number of urea groups is 1. The molecule has 3 amide bonds. The van der Waals surface area contributed by atoms with E-state index in [9.17, 15) is 9.59 Å². The third-order valence-corrected chi connectivity index (χ3v) is 2.53. The van der Waals surface area contributed by atoms with Crippen LogP contribution < -0.4 is 10.6 Å². The molecule has 0 aliphatic carbocycles. The van der Waals surface area contributed by atoms with E-state index in [4.69, 9.17) is 34.8 Å². The zero-order chi connectivity index (χ0) is 12.1. The summed E-state index contributed by atoms with van der Waals surface area (Å²) in [7, 11) is 0. The number of hydrogen-bond acceptors (Lipinski definition) is 2. The molecule has 4 nitrogen and oxygen atoms in total. The largest absolute Gasteiger partial charge is 0.325 e. The number of carbonyl (C=O) groups is 2. The van der Waals surface area contributed by atoms with Crippen LogP contribution >= 0.6 is 34.8 Å². The second-order valence-electron chi connectivity index (χ2n) is 2.76. The Morgan fingerprint density at radius 1 is 1.19 bits per heavy atom. The van der Waals surface area contributed by atoms with Crippen LogP contribution in [0.5, 0.6) is 0 Å². The van der Waals surface area contributed by atoms with Crippen molar-refractivity contribution in [1.82, 2.24) is 5.32 Å². The number of benzene rings is 1. The first-order chi connectivity index (χ1) is 7.52. The van der Waals surface area contributed by atoms with Crippen LogP contribution in [0, 0.1) is 0 Å². The monoisotopic (exact) mass is 280 g/mol. The molecule has 2 N–H and O–H groups in total. The van der Waals surface area contributed by atoms with Crippen molar-refractivity contribution in [3.8, 4) is 0 Å². The molecule has 1 rings (SSSR count). The second kappa shape index (κ2) is 5.94. The van der Waals surface area contributed by atoms with E-state index in [0.29, 0.717) is 15.7 Å². The fourth-order valence-electron chi connectivity index (χ4n) is 0.896. The van der Waals surface area contributed by atoms with E-state index in [0.717, 1.165) is 0 Å². The first-order valence-corrected chi connectivity index (χ1v) is 5.44. The third-order valence-electron chi connectivity index (χ3n) is 1.55. The van der Waals surface area contributed by atoms with E-state index in [-0.39, 0.29) is 5.88 Å². The van der Waals surface area contributed by atoms with Crippen molar-refractivity contribution in [3.63, 3.8) is 0 Å². The maximum Gasteiger partial charge on any atom is 0.325 e. The van der Waals surface area contributed by atoms with Gasteiger partial charge in [0.15, 0.2) is 0 Å². The van der Waals surface area contributed by atoms with Gasteiger partial charge in [0, 0.05) is 5.69 Å². The molecule has 0 fully saturated rings. The molecule has 0 saturated heterocycles. The number of imide groups is 1. The summed E-state index contributed by atoms with van der Waals surface area (Å²) < 4.78 is 0. The average molecular weight is 282 g/mol. The smallest absolute Gasteiger partial charge is 0.308 e. The SMILES string of the molecule is O=C(CCl)NC(=O)Nc1ccc(Cl)c(Cl)c1. The van der Waals surface area contributed by atoms with Gasteiger partial charge in [-0.1, -0.05) is 23.2 Å². The normalized spacial score (nSPS) is 9.69. The van der Waals surface area contributed by atoms with Gasteiger partial charge in [0.25, 0.3) is 0 Å². The molecule has 0 radical (unpaired) electrons. The van der Waals surface area contributed by atoms with Gasteiger partial charge in [-0.3, -0.25) is 10.1 Å². The van der Waals surface area contributed by atoms with E-state index >= 15 is 0 Å². The van der Waals surface area contributed by atoms with Gasteiger partial charge in [-0.05, 0) is 18.2 Å². The highest BCUT2D eigenvalue weighted by molar-refractivity contribution is 6.42. The highest BCUT2D eigenvalue weighted by Gasteiger charge is 2.07. The molecule has 0 bridgehead atoms. The lowest BCUT2D eigenvalue weighted by Crippen LogP contribution is -2.35. The van der Waals surface area contributed by atoms with Crippen LogP contribution in [0.15, 0.2) is 18.2 Å². The Morgan fingerprint density at radius 2 is 1.88 bits per heavy atom. The standard InChI is InChI=1S/C9H7Cl3N2O2/c10-4-8(15)14-9(16)13-5-1-2-6(11)7(12)3-5/h1-3H,4H2,(H2,13,14,15,16). The molecule has 16 heavy (non-hydrogen) atoms. The summed E-state index contributed by atoms with van der Waals surface area (Å²) in [6.45, 7) is 0. The van der Waals surface area contributed by atoms with Gasteiger partial charge >= 0.3 is 6.03 Å². The average Bonchev–Trinajstić information content (AvgIpc) is 2.23. The highest BCUT2D eigenvalue weighted by Crippen LogP contribution is 2.24. The van der Waals surface area contributed by atoms with Crippen LogP contribution in [0.2, 0.25) is 10.0 Å². The lowest BCUT2D eigenvalue weighted by Gasteiger charge is -2.06. The van der Waals surface area contributed by atoms with Crippen LogP contribution in [-0.2, 0) is 4.79 Å². The van der Waals surface area contributed by atoms with Gasteiger partial charge < -0.3 is 5.32 Å². The maximum absolute atomic E-state index is 11.2. The fourth-order valence-corrected chi connectivity index (χ4v) is 1.26. The number of halogens is 3. The summed E-state index contributed by atoms with van der Waals surface area (Å²) in [5.74, 6) is -0.867. The van der Waals surface area contributed by atoms with Crippen LogP contribution in [-0.4, -0.2) is 17.8 Å². The summed E-state index contributed by atoms with van der Waals surface area (Å²) in [6.07, 6.45) is 0. The molecule has 0 saturated carbocycles. The van der Waals surface area contributed by atoms with E-state index in [2.05, 4.69) is 5.32 Å². The molecule has 0 unspecified atom stereocenters. The number of amides is 3. The van der Waals surface area contributed by atoms with Crippen molar-refractivity contribution in [2.45, 2.75) is 0 Å². The summed E-state index contributed by atoms with van der Waals surface area (Å²) >= 11 is 16.6. The van der Waals surface area contributed by atoms with Gasteiger partial charge in [0.05, 0.1) is 10.0 Å². The number of anilines is 1.